The average molecular weight is 1220 g/mol. The van der Waals surface area contributed by atoms with Crippen molar-refractivity contribution >= 4 is 66.9 Å². The molecule has 15 aromatic carbocycles. The van der Waals surface area contributed by atoms with Crippen molar-refractivity contribution in [2.75, 3.05) is 0 Å². The molecule has 0 aliphatic carbocycles. The lowest BCUT2D eigenvalue weighted by molar-refractivity contribution is 1.18. The number of para-hydroxylation sites is 2. The largest absolute Gasteiger partial charge is 0.309 e. The molecule has 0 radical (unpaired) electrons. The first kappa shape index (κ1) is 57.3. The van der Waals surface area contributed by atoms with E-state index in [1.807, 2.05) is 0 Å². The summed E-state index contributed by atoms with van der Waals surface area (Å²) < 4.78 is 4.88. The third-order valence-corrected chi connectivity index (χ3v) is 19.0. The third-order valence-electron chi connectivity index (χ3n) is 19.0. The van der Waals surface area contributed by atoms with E-state index in [1.165, 1.54) is 66.1 Å². The van der Waals surface area contributed by atoms with E-state index in [9.17, 15) is 0 Å². The molecule has 2 nitrogen and oxygen atoms in total. The molecule has 17 aromatic rings. The van der Waals surface area contributed by atoms with Crippen LogP contribution in [0.4, 0.5) is 0 Å². The average Bonchev–Trinajstić information content (AvgIpc) is 1.59. The van der Waals surface area contributed by atoms with E-state index in [1.54, 1.807) is 0 Å². The van der Waals surface area contributed by atoms with E-state index in [0.717, 1.165) is 100 Å². The molecule has 0 N–H and O–H groups in total. The molecule has 0 aliphatic rings. The van der Waals surface area contributed by atoms with Crippen molar-refractivity contribution < 1.29 is 0 Å². The zero-order valence-corrected chi connectivity index (χ0v) is 52.8. The highest BCUT2D eigenvalue weighted by atomic mass is 15.0. The van der Waals surface area contributed by atoms with Gasteiger partial charge in [0.1, 0.15) is 0 Å². The van der Waals surface area contributed by atoms with Crippen molar-refractivity contribution in [1.29, 1.82) is 0 Å². The molecule has 0 saturated carbocycles. The van der Waals surface area contributed by atoms with Crippen LogP contribution in [0.25, 0.3) is 145 Å². The number of benzene rings is 15. The van der Waals surface area contributed by atoms with Gasteiger partial charge in [0.25, 0.3) is 0 Å². The van der Waals surface area contributed by atoms with Crippen molar-refractivity contribution in [2.24, 2.45) is 0 Å². The van der Waals surface area contributed by atoms with Crippen LogP contribution >= 0.6 is 0 Å². The lowest BCUT2D eigenvalue weighted by atomic mass is 9.92. The quantitative estimate of drug-likeness (QED) is 0.0961. The van der Waals surface area contributed by atoms with E-state index in [4.69, 9.17) is 0 Å². The summed E-state index contributed by atoms with van der Waals surface area (Å²) in [5.74, 6) is 0. The number of hydrogen-bond acceptors (Lipinski definition) is 0. The predicted molar refractivity (Wildman–Crippen MR) is 407 cm³/mol. The van der Waals surface area contributed by atoms with E-state index in [0.29, 0.717) is 0 Å². The zero-order chi connectivity index (χ0) is 63.7. The van der Waals surface area contributed by atoms with Crippen molar-refractivity contribution in [3.8, 4) is 78.1 Å². The van der Waals surface area contributed by atoms with Gasteiger partial charge in [0.05, 0.1) is 22.1 Å². The summed E-state index contributed by atoms with van der Waals surface area (Å²) in [5, 5.41) is 4.85. The molecule has 0 bridgehead atoms. The fourth-order valence-corrected chi connectivity index (χ4v) is 14.1. The first-order valence-electron chi connectivity index (χ1n) is 33.0. The van der Waals surface area contributed by atoms with Crippen LogP contribution < -0.4 is 0 Å². The Labute approximate surface area is 560 Å². The minimum Gasteiger partial charge on any atom is -0.309 e. The van der Waals surface area contributed by atoms with Crippen molar-refractivity contribution in [3.05, 3.63) is 409 Å². The lowest BCUT2D eigenvalue weighted by Gasteiger charge is -2.13. The second-order valence-electron chi connectivity index (χ2n) is 24.8. The van der Waals surface area contributed by atoms with Gasteiger partial charge in [-0.25, -0.2) is 0 Å². The smallest absolute Gasteiger partial charge is 0.0547 e. The van der Waals surface area contributed by atoms with Crippen LogP contribution in [0, 0.1) is 0 Å². The Kier molecular flexibility index (Phi) is 15.0. The highest BCUT2D eigenvalue weighted by Crippen LogP contribution is 2.41. The highest BCUT2D eigenvalue weighted by molar-refractivity contribution is 6.13. The van der Waals surface area contributed by atoms with Crippen LogP contribution in [0.2, 0.25) is 0 Å². The van der Waals surface area contributed by atoms with E-state index < -0.39 is 0 Å². The Morgan fingerprint density at radius 3 is 0.667 bits per heavy atom. The van der Waals surface area contributed by atoms with Gasteiger partial charge in [-0.1, -0.05) is 328 Å². The SMILES string of the molecule is C(=C(c1ccc(-c2ccccc2)cc1)c1ccc(-c2ccccc2)cc1)c1ccc2c3ccc(-c4ccc(-c5ccc6c7ccc(C=C(c8ccc(-c9ccccc9)cc8)c8ccc(-c9ccccc9)cc8)cc7n(-c7ccccc7)c6c5)cc4)cc3n(-c3ccccc3)c2c1. The molecule has 0 amide bonds. The molecule has 0 fully saturated rings. The van der Waals surface area contributed by atoms with E-state index >= 15 is 0 Å². The molecule has 0 unspecified atom stereocenters. The summed E-state index contributed by atoms with van der Waals surface area (Å²) in [6, 6.07) is 137. The minimum absolute atomic E-state index is 1.12. The van der Waals surface area contributed by atoms with Crippen molar-refractivity contribution in [3.63, 3.8) is 0 Å². The third kappa shape index (κ3) is 11.1. The van der Waals surface area contributed by atoms with Gasteiger partial charge < -0.3 is 9.13 Å². The molecular formula is C94H64N2. The fraction of sp³-hybridized carbons (Fsp3) is 0. The van der Waals surface area contributed by atoms with Gasteiger partial charge in [-0.15, -0.1) is 0 Å². The minimum atomic E-state index is 1.12. The van der Waals surface area contributed by atoms with Crippen LogP contribution in [0.1, 0.15) is 33.4 Å². The van der Waals surface area contributed by atoms with Crippen LogP contribution in [0.3, 0.4) is 0 Å². The zero-order valence-electron chi connectivity index (χ0n) is 52.8. The Hall–Kier alpha value is -12.6. The number of nitrogens with zero attached hydrogens (tertiary/aromatic N) is 2. The summed E-state index contributed by atoms with van der Waals surface area (Å²) in [6.07, 6.45) is 4.72. The summed E-state index contributed by atoms with van der Waals surface area (Å²) in [5.41, 5.74) is 30.4. The highest BCUT2D eigenvalue weighted by Gasteiger charge is 2.19. The second kappa shape index (κ2) is 25.1. The number of aromatic nitrogens is 2. The molecule has 0 atom stereocenters. The molecule has 17 rings (SSSR count). The number of fused-ring (bicyclic) bond motifs is 6. The summed E-state index contributed by atoms with van der Waals surface area (Å²) >= 11 is 0. The molecular weight excluding hydrogens is 1160 g/mol. The normalized spacial score (nSPS) is 11.3. The number of hydrogen-bond donors (Lipinski definition) is 0. The van der Waals surface area contributed by atoms with Crippen LogP contribution in [0.15, 0.2) is 376 Å². The van der Waals surface area contributed by atoms with Gasteiger partial charge in [-0.05, 0) is 172 Å². The van der Waals surface area contributed by atoms with Gasteiger partial charge in [0, 0.05) is 32.9 Å². The second-order valence-corrected chi connectivity index (χ2v) is 24.8. The maximum Gasteiger partial charge on any atom is 0.0547 e. The molecule has 2 heteroatoms. The maximum atomic E-state index is 2.44. The molecule has 450 valence electrons. The van der Waals surface area contributed by atoms with Gasteiger partial charge in [0.15, 0.2) is 0 Å². The Morgan fingerprint density at radius 1 is 0.177 bits per heavy atom. The molecule has 96 heavy (non-hydrogen) atoms. The topological polar surface area (TPSA) is 9.86 Å². The van der Waals surface area contributed by atoms with Gasteiger partial charge in [-0.2, -0.15) is 0 Å². The fourth-order valence-electron chi connectivity index (χ4n) is 14.1. The standard InChI is InChI=1S/C94H64N2/c1-7-19-67(20-8-1)71-37-45-77(46-38-71)89(78-47-39-72(40-48-78)68-21-9-2-10-22-68)59-65-31-55-85-87-57-53-81(63-93(87)95(91(85)61-65)83-27-15-5-16-28-83)75-33-35-76(36-34-75)82-54-58-88-86-56-32-66(62-92(86)96(94(88)64-82)84-29-17-6-18-30-84)60-90(79-49-41-73(42-50-79)69-23-11-3-12-24-69)80-51-43-74(44-52-80)70-25-13-4-14-26-70/h1-64H. The summed E-state index contributed by atoms with van der Waals surface area (Å²) in [6.45, 7) is 0. The van der Waals surface area contributed by atoms with Crippen molar-refractivity contribution in [1.82, 2.24) is 9.13 Å². The van der Waals surface area contributed by atoms with Gasteiger partial charge in [0.2, 0.25) is 0 Å². The van der Waals surface area contributed by atoms with E-state index in [-0.39, 0.29) is 0 Å². The molecule has 0 aliphatic heterocycles. The Balaban J connectivity index is 0.723. The van der Waals surface area contributed by atoms with Gasteiger partial charge >= 0.3 is 0 Å². The Bertz CT molecular complexity index is 5160. The maximum absolute atomic E-state index is 2.44. The molecule has 0 spiro atoms. The molecule has 0 saturated heterocycles. The van der Waals surface area contributed by atoms with Crippen molar-refractivity contribution in [2.45, 2.75) is 0 Å². The summed E-state index contributed by atoms with van der Waals surface area (Å²) in [4.78, 5) is 0. The predicted octanol–water partition coefficient (Wildman–Crippen LogP) is 25.1. The van der Waals surface area contributed by atoms with Crippen LogP contribution in [0.5, 0.6) is 0 Å². The van der Waals surface area contributed by atoms with Crippen LogP contribution in [-0.2, 0) is 0 Å². The van der Waals surface area contributed by atoms with E-state index in [2.05, 4.69) is 397 Å². The lowest BCUT2D eigenvalue weighted by Crippen LogP contribution is -1.94. The monoisotopic (exact) mass is 1220 g/mol. The van der Waals surface area contributed by atoms with Crippen LogP contribution in [-0.4, -0.2) is 9.13 Å². The first-order chi connectivity index (χ1) is 47.6. The molecule has 2 aromatic heterocycles. The first-order valence-corrected chi connectivity index (χ1v) is 33.0. The number of rotatable bonds is 14. The Morgan fingerprint density at radius 2 is 0.385 bits per heavy atom. The summed E-state index contributed by atoms with van der Waals surface area (Å²) in [7, 11) is 0. The van der Waals surface area contributed by atoms with Gasteiger partial charge in [-0.3, -0.25) is 0 Å². The molecule has 2 heterocycles.